The first-order valence-corrected chi connectivity index (χ1v) is 10.4. The van der Waals surface area contributed by atoms with Gasteiger partial charge in [-0.25, -0.2) is 0 Å². The Morgan fingerprint density at radius 2 is 1.14 bits per heavy atom. The summed E-state index contributed by atoms with van der Waals surface area (Å²) in [5.41, 5.74) is 0. The van der Waals surface area contributed by atoms with Gasteiger partial charge in [0.05, 0.1) is 19.2 Å². The molecular formula is C15H10OS5. The van der Waals surface area contributed by atoms with Crippen molar-refractivity contribution in [1.29, 1.82) is 0 Å². The van der Waals surface area contributed by atoms with E-state index in [0.717, 1.165) is 9.40 Å². The van der Waals surface area contributed by atoms with E-state index in [1.165, 1.54) is 51.9 Å². The highest BCUT2D eigenvalue weighted by molar-refractivity contribution is 7.42. The molecule has 6 heteroatoms. The fourth-order valence-electron chi connectivity index (χ4n) is 2.21. The Morgan fingerprint density at radius 3 is 1.52 bits per heavy atom. The molecule has 1 nitrogen and oxygen atoms in total. The van der Waals surface area contributed by atoms with E-state index in [2.05, 4.69) is 38.1 Å². The number of rotatable bonds is 2. The standard InChI is InChI=1S/C15H10OS5/c1-7-3-5-9(17-7)11-13-14(21-15(16)20-13)12(19-11)10-6-4-8(2)18-10/h3-6H,1-2H3. The monoisotopic (exact) mass is 366 g/mol. The number of hydrogen-bond donors (Lipinski definition) is 0. The molecular weight excluding hydrogens is 356 g/mol. The topological polar surface area (TPSA) is 17.1 Å². The molecule has 0 fully saturated rings. The SMILES string of the molecule is Cc1ccc(-c2sc(-c3ccc(C)s3)c3sc(=O)sc23)s1. The van der Waals surface area contributed by atoms with Gasteiger partial charge in [-0.15, -0.1) is 34.0 Å². The van der Waals surface area contributed by atoms with Crippen LogP contribution in [0, 0.1) is 13.8 Å². The largest absolute Gasteiger partial charge is 0.288 e. The lowest BCUT2D eigenvalue weighted by Crippen LogP contribution is -1.74. The van der Waals surface area contributed by atoms with Crippen LogP contribution < -0.4 is 4.06 Å². The van der Waals surface area contributed by atoms with Crippen molar-refractivity contribution in [1.82, 2.24) is 0 Å². The average molecular weight is 367 g/mol. The molecule has 0 atom stereocenters. The minimum Gasteiger partial charge on any atom is -0.265 e. The van der Waals surface area contributed by atoms with Crippen molar-refractivity contribution >= 4 is 66.1 Å². The predicted octanol–water partition coefficient (Wildman–Crippen LogP) is 6.46. The summed E-state index contributed by atoms with van der Waals surface area (Å²) in [7, 11) is 0. The molecule has 21 heavy (non-hydrogen) atoms. The Kier molecular flexibility index (Phi) is 3.39. The summed E-state index contributed by atoms with van der Waals surface area (Å²) < 4.78 is 2.52. The van der Waals surface area contributed by atoms with Crippen LogP contribution in [0.15, 0.2) is 29.1 Å². The average Bonchev–Trinajstić information content (AvgIpc) is 3.15. The van der Waals surface area contributed by atoms with E-state index in [9.17, 15) is 4.79 Å². The van der Waals surface area contributed by atoms with E-state index in [4.69, 9.17) is 0 Å². The summed E-state index contributed by atoms with van der Waals surface area (Å²) >= 11 is 8.21. The molecule has 4 aromatic rings. The summed E-state index contributed by atoms with van der Waals surface area (Å²) in [4.78, 5) is 19.6. The molecule has 0 aliphatic carbocycles. The normalized spacial score (nSPS) is 11.5. The van der Waals surface area contributed by atoms with Crippen molar-refractivity contribution in [2.45, 2.75) is 13.8 Å². The Labute approximate surface area is 141 Å². The smallest absolute Gasteiger partial charge is 0.265 e. The molecule has 0 saturated heterocycles. The Balaban J connectivity index is 2.02. The van der Waals surface area contributed by atoms with E-state index >= 15 is 0 Å². The van der Waals surface area contributed by atoms with Crippen LogP contribution in [0.2, 0.25) is 0 Å². The molecule has 0 aliphatic heterocycles. The van der Waals surface area contributed by atoms with Gasteiger partial charge < -0.3 is 0 Å². The molecule has 4 aromatic heterocycles. The van der Waals surface area contributed by atoms with Crippen LogP contribution in [0.25, 0.3) is 28.9 Å². The lowest BCUT2D eigenvalue weighted by atomic mass is 10.3. The minimum absolute atomic E-state index is 0.192. The van der Waals surface area contributed by atoms with E-state index in [1.807, 2.05) is 11.3 Å². The van der Waals surface area contributed by atoms with Crippen LogP contribution in [0.3, 0.4) is 0 Å². The predicted molar refractivity (Wildman–Crippen MR) is 99.9 cm³/mol. The molecule has 4 heterocycles. The summed E-state index contributed by atoms with van der Waals surface area (Å²) in [6.45, 7) is 4.25. The minimum atomic E-state index is 0.192. The molecule has 0 N–H and O–H groups in total. The second kappa shape index (κ2) is 5.14. The third-order valence-electron chi connectivity index (χ3n) is 3.12. The maximum Gasteiger partial charge on any atom is 0.288 e. The summed E-state index contributed by atoms with van der Waals surface area (Å²) in [6.07, 6.45) is 0. The van der Waals surface area contributed by atoms with Crippen molar-refractivity contribution < 1.29 is 0 Å². The molecule has 0 bridgehead atoms. The van der Waals surface area contributed by atoms with Crippen LogP contribution in [0.1, 0.15) is 9.75 Å². The molecule has 0 spiro atoms. The Bertz CT molecular complexity index is 915. The molecule has 0 amide bonds. The van der Waals surface area contributed by atoms with Gasteiger partial charge in [0.15, 0.2) is 0 Å². The lowest BCUT2D eigenvalue weighted by Gasteiger charge is -1.91. The van der Waals surface area contributed by atoms with Gasteiger partial charge >= 0.3 is 0 Å². The van der Waals surface area contributed by atoms with E-state index in [1.54, 1.807) is 22.7 Å². The third kappa shape index (κ3) is 2.35. The maximum absolute atomic E-state index is 11.9. The third-order valence-corrected chi connectivity index (χ3v) is 9.12. The maximum atomic E-state index is 11.9. The van der Waals surface area contributed by atoms with Crippen molar-refractivity contribution in [3.63, 3.8) is 0 Å². The van der Waals surface area contributed by atoms with Gasteiger partial charge in [-0.1, -0.05) is 22.7 Å². The lowest BCUT2D eigenvalue weighted by molar-refractivity contribution is 1.64. The Morgan fingerprint density at radius 1 is 0.667 bits per heavy atom. The second-order valence-electron chi connectivity index (χ2n) is 4.69. The van der Waals surface area contributed by atoms with Crippen LogP contribution >= 0.6 is 56.7 Å². The highest BCUT2D eigenvalue weighted by Gasteiger charge is 2.19. The zero-order chi connectivity index (χ0) is 14.6. The number of hydrogen-bond acceptors (Lipinski definition) is 6. The van der Waals surface area contributed by atoms with E-state index in [0.29, 0.717) is 0 Å². The molecule has 0 aliphatic rings. The van der Waals surface area contributed by atoms with Gasteiger partial charge in [-0.05, 0) is 38.1 Å². The summed E-state index contributed by atoms with van der Waals surface area (Å²) in [5, 5.41) is 0. The number of aryl methyl sites for hydroxylation is 2. The van der Waals surface area contributed by atoms with Gasteiger partial charge in [0.25, 0.3) is 4.06 Å². The molecule has 106 valence electrons. The van der Waals surface area contributed by atoms with Crippen LogP contribution in [0.4, 0.5) is 0 Å². The Hall–Kier alpha value is -0.790. The first-order chi connectivity index (χ1) is 10.1. The van der Waals surface area contributed by atoms with Crippen molar-refractivity contribution in [2.24, 2.45) is 0 Å². The van der Waals surface area contributed by atoms with Crippen LogP contribution in [-0.2, 0) is 0 Å². The second-order valence-corrected chi connectivity index (χ2v) is 10.5. The molecule has 4 rings (SSSR count). The summed E-state index contributed by atoms with van der Waals surface area (Å²) in [6, 6.07) is 8.64. The van der Waals surface area contributed by atoms with Gasteiger partial charge in [-0.3, -0.25) is 4.79 Å². The zero-order valence-corrected chi connectivity index (χ0v) is 15.3. The van der Waals surface area contributed by atoms with Crippen molar-refractivity contribution in [2.75, 3.05) is 0 Å². The first kappa shape index (κ1) is 13.8. The molecule has 0 aromatic carbocycles. The van der Waals surface area contributed by atoms with Gasteiger partial charge in [0, 0.05) is 19.5 Å². The van der Waals surface area contributed by atoms with Crippen molar-refractivity contribution in [3.05, 3.63) is 42.9 Å². The summed E-state index contributed by atoms with van der Waals surface area (Å²) in [5.74, 6) is 0. The number of fused-ring (bicyclic) bond motifs is 1. The highest BCUT2D eigenvalue weighted by Crippen LogP contribution is 2.49. The number of thiophene rings is 3. The molecule has 0 saturated carbocycles. The van der Waals surface area contributed by atoms with E-state index < -0.39 is 0 Å². The van der Waals surface area contributed by atoms with Crippen LogP contribution in [0.5, 0.6) is 0 Å². The van der Waals surface area contributed by atoms with Gasteiger partial charge in [0.2, 0.25) is 0 Å². The zero-order valence-electron chi connectivity index (χ0n) is 11.3. The first-order valence-electron chi connectivity index (χ1n) is 6.32. The molecule has 0 unspecified atom stereocenters. The van der Waals surface area contributed by atoms with Crippen molar-refractivity contribution in [3.8, 4) is 19.5 Å². The molecule has 0 radical (unpaired) electrons. The van der Waals surface area contributed by atoms with Crippen LogP contribution in [-0.4, -0.2) is 0 Å². The van der Waals surface area contributed by atoms with Gasteiger partial charge in [-0.2, -0.15) is 0 Å². The van der Waals surface area contributed by atoms with Gasteiger partial charge in [0.1, 0.15) is 0 Å². The fraction of sp³-hybridized carbons (Fsp3) is 0.133. The van der Waals surface area contributed by atoms with E-state index in [-0.39, 0.29) is 4.06 Å². The highest BCUT2D eigenvalue weighted by atomic mass is 32.2. The fourth-order valence-corrected chi connectivity index (χ4v) is 8.07. The quantitative estimate of drug-likeness (QED) is 0.398.